The summed E-state index contributed by atoms with van der Waals surface area (Å²) in [5, 5.41) is 12.1. The van der Waals surface area contributed by atoms with Crippen LogP contribution in [-0.2, 0) is 14.3 Å². The quantitative estimate of drug-likeness (QED) is 0.633. The van der Waals surface area contributed by atoms with Crippen molar-refractivity contribution in [3.8, 4) is 11.1 Å². The zero-order valence-electron chi connectivity index (χ0n) is 19.7. The Morgan fingerprint density at radius 2 is 1.71 bits per heavy atom. The lowest BCUT2D eigenvalue weighted by Gasteiger charge is -2.38. The minimum atomic E-state index is -0.819. The highest BCUT2D eigenvalue weighted by Crippen LogP contribution is 2.44. The molecule has 2 aromatic carbocycles. The van der Waals surface area contributed by atoms with E-state index in [1.807, 2.05) is 38.1 Å². The van der Waals surface area contributed by atoms with Gasteiger partial charge >= 0.3 is 12.1 Å². The van der Waals surface area contributed by atoms with Gasteiger partial charge in [0, 0.05) is 18.5 Å². The van der Waals surface area contributed by atoms with Crippen LogP contribution in [0.3, 0.4) is 0 Å². The van der Waals surface area contributed by atoms with Gasteiger partial charge in [-0.25, -0.2) is 4.79 Å². The number of fused-ring (bicyclic) bond motifs is 3. The second-order valence-electron chi connectivity index (χ2n) is 9.25. The van der Waals surface area contributed by atoms with E-state index < -0.39 is 24.0 Å². The van der Waals surface area contributed by atoms with Gasteiger partial charge in [0.15, 0.2) is 0 Å². The van der Waals surface area contributed by atoms with E-state index in [1.54, 1.807) is 4.90 Å². The molecule has 180 valence electrons. The van der Waals surface area contributed by atoms with Crippen molar-refractivity contribution < 1.29 is 24.2 Å². The number of carbonyl (C=O) groups is 3. The normalized spacial score (nSPS) is 20.2. The molecule has 7 heteroatoms. The molecule has 3 atom stereocenters. The van der Waals surface area contributed by atoms with E-state index in [0.29, 0.717) is 25.8 Å². The van der Waals surface area contributed by atoms with Gasteiger partial charge in [0.25, 0.3) is 0 Å². The Bertz CT molecular complexity index is 1020. The van der Waals surface area contributed by atoms with Gasteiger partial charge in [-0.05, 0) is 48.4 Å². The maximum Gasteiger partial charge on any atom is 0.407 e. The summed E-state index contributed by atoms with van der Waals surface area (Å²) in [6, 6.07) is 15.4. The number of nitrogens with zero attached hydrogens (tertiary/aromatic N) is 1. The number of alkyl carbamates (subject to hydrolysis) is 1. The summed E-state index contributed by atoms with van der Waals surface area (Å²) >= 11 is 0. The molecule has 1 aliphatic carbocycles. The topological polar surface area (TPSA) is 95.9 Å². The molecule has 1 saturated heterocycles. The van der Waals surface area contributed by atoms with Crippen molar-refractivity contribution in [3.05, 3.63) is 59.7 Å². The van der Waals surface area contributed by atoms with E-state index >= 15 is 0 Å². The number of likely N-dealkylation sites (tertiary alicyclic amines) is 1. The second-order valence-corrected chi connectivity index (χ2v) is 9.25. The highest BCUT2D eigenvalue weighted by molar-refractivity contribution is 5.86. The first-order chi connectivity index (χ1) is 16.4. The van der Waals surface area contributed by atoms with Crippen molar-refractivity contribution in [3.63, 3.8) is 0 Å². The van der Waals surface area contributed by atoms with Crippen LogP contribution >= 0.6 is 0 Å². The minimum absolute atomic E-state index is 0.0476. The van der Waals surface area contributed by atoms with Crippen molar-refractivity contribution in [1.29, 1.82) is 0 Å². The summed E-state index contributed by atoms with van der Waals surface area (Å²) in [6.45, 7) is 4.39. The third-order valence-corrected chi connectivity index (χ3v) is 7.02. The highest BCUT2D eigenvalue weighted by atomic mass is 16.5. The molecule has 4 rings (SSSR count). The fraction of sp³-hybridized carbons (Fsp3) is 0.444. The number of nitrogens with one attached hydrogen (secondary N) is 1. The van der Waals surface area contributed by atoms with E-state index in [2.05, 4.69) is 29.6 Å². The fourth-order valence-corrected chi connectivity index (χ4v) is 5.25. The molecule has 0 bridgehead atoms. The van der Waals surface area contributed by atoms with Gasteiger partial charge in [-0.3, -0.25) is 9.59 Å². The number of carbonyl (C=O) groups excluding carboxylic acids is 2. The number of benzene rings is 2. The Kier molecular flexibility index (Phi) is 7.20. The first-order valence-corrected chi connectivity index (χ1v) is 12.1. The SMILES string of the molecule is CCCC(NC(=O)OCC1c2ccccc2-c2ccccc21)C(=O)N1CC[C@H](C(=O)O)C[C@@H]1C. The van der Waals surface area contributed by atoms with Crippen molar-refractivity contribution in [2.75, 3.05) is 13.2 Å². The van der Waals surface area contributed by atoms with Crippen molar-refractivity contribution in [2.45, 2.75) is 57.5 Å². The van der Waals surface area contributed by atoms with Crippen LogP contribution in [0.25, 0.3) is 11.1 Å². The maximum absolute atomic E-state index is 13.2. The fourth-order valence-electron chi connectivity index (χ4n) is 5.25. The van der Waals surface area contributed by atoms with Gasteiger partial charge in [-0.2, -0.15) is 0 Å². The Labute approximate surface area is 200 Å². The monoisotopic (exact) mass is 464 g/mol. The van der Waals surface area contributed by atoms with Crippen LogP contribution in [0.4, 0.5) is 4.79 Å². The molecular weight excluding hydrogens is 432 g/mol. The van der Waals surface area contributed by atoms with Gasteiger partial charge in [-0.15, -0.1) is 0 Å². The molecule has 0 aromatic heterocycles. The standard InChI is InChI=1S/C27H32N2O5/c1-3-8-24(25(30)29-14-13-18(26(31)32)15-17(29)2)28-27(33)34-16-23-21-11-6-4-9-19(21)20-10-5-7-12-22(20)23/h4-7,9-12,17-18,23-24H,3,8,13-16H2,1-2H3,(H,28,33)(H,31,32)/t17-,18-,24?/m0/s1. The number of aliphatic carboxylic acids is 1. The van der Waals surface area contributed by atoms with Gasteiger partial charge in [0.2, 0.25) is 5.91 Å². The Morgan fingerprint density at radius 1 is 1.09 bits per heavy atom. The van der Waals surface area contributed by atoms with Crippen LogP contribution in [0.2, 0.25) is 0 Å². The van der Waals surface area contributed by atoms with Crippen molar-refractivity contribution >= 4 is 18.0 Å². The van der Waals surface area contributed by atoms with Crippen LogP contribution in [0.15, 0.2) is 48.5 Å². The minimum Gasteiger partial charge on any atom is -0.481 e. The van der Waals surface area contributed by atoms with E-state index in [0.717, 1.165) is 28.7 Å². The molecule has 2 amide bonds. The average molecular weight is 465 g/mol. The number of carboxylic acid groups (broad SMARTS) is 1. The Hall–Kier alpha value is -3.35. The lowest BCUT2D eigenvalue weighted by atomic mass is 9.91. The van der Waals surface area contributed by atoms with Crippen molar-refractivity contribution in [2.24, 2.45) is 5.92 Å². The lowest BCUT2D eigenvalue weighted by Crippen LogP contribution is -2.54. The number of carboxylic acids is 1. The largest absolute Gasteiger partial charge is 0.481 e. The molecule has 0 saturated carbocycles. The number of amides is 2. The lowest BCUT2D eigenvalue weighted by molar-refractivity contribution is -0.148. The predicted molar refractivity (Wildman–Crippen MR) is 128 cm³/mol. The second kappa shape index (κ2) is 10.3. The van der Waals surface area contributed by atoms with E-state index in [1.165, 1.54) is 0 Å². The number of rotatable bonds is 7. The molecule has 1 fully saturated rings. The Balaban J connectivity index is 1.39. The summed E-state index contributed by atoms with van der Waals surface area (Å²) < 4.78 is 5.63. The number of hydrogen-bond acceptors (Lipinski definition) is 4. The van der Waals surface area contributed by atoms with E-state index in [9.17, 15) is 19.5 Å². The van der Waals surface area contributed by atoms with Crippen LogP contribution in [0, 0.1) is 5.92 Å². The summed E-state index contributed by atoms with van der Waals surface area (Å²) in [5.74, 6) is -1.47. The summed E-state index contributed by atoms with van der Waals surface area (Å²) in [7, 11) is 0. The third-order valence-electron chi connectivity index (χ3n) is 7.02. The molecule has 2 aliphatic rings. The van der Waals surface area contributed by atoms with Gasteiger partial charge in [-0.1, -0.05) is 61.9 Å². The molecule has 7 nitrogen and oxygen atoms in total. The summed E-state index contributed by atoms with van der Waals surface area (Å²) in [6.07, 6.45) is 1.45. The first kappa shape index (κ1) is 23.8. The Morgan fingerprint density at radius 3 is 2.26 bits per heavy atom. The highest BCUT2D eigenvalue weighted by Gasteiger charge is 2.36. The number of piperidine rings is 1. The van der Waals surface area contributed by atoms with Crippen LogP contribution in [0.1, 0.15) is 56.6 Å². The van der Waals surface area contributed by atoms with Gasteiger partial charge in [0.1, 0.15) is 12.6 Å². The van der Waals surface area contributed by atoms with Crippen LogP contribution in [0.5, 0.6) is 0 Å². The zero-order chi connectivity index (χ0) is 24.2. The smallest absolute Gasteiger partial charge is 0.407 e. The zero-order valence-corrected chi connectivity index (χ0v) is 19.7. The summed E-state index contributed by atoms with van der Waals surface area (Å²) in [5.41, 5.74) is 4.58. The predicted octanol–water partition coefficient (Wildman–Crippen LogP) is 4.41. The number of hydrogen-bond donors (Lipinski definition) is 2. The summed E-state index contributed by atoms with van der Waals surface area (Å²) in [4.78, 5) is 39.0. The van der Waals surface area contributed by atoms with Gasteiger partial charge in [0.05, 0.1) is 5.92 Å². The molecular formula is C27H32N2O5. The molecule has 1 aliphatic heterocycles. The van der Waals surface area contributed by atoms with Crippen molar-refractivity contribution in [1.82, 2.24) is 10.2 Å². The molecule has 1 unspecified atom stereocenters. The molecule has 34 heavy (non-hydrogen) atoms. The molecule has 0 radical (unpaired) electrons. The number of ether oxygens (including phenoxy) is 1. The van der Waals surface area contributed by atoms with E-state index in [-0.39, 0.29) is 24.5 Å². The first-order valence-electron chi connectivity index (χ1n) is 12.1. The average Bonchev–Trinajstić information content (AvgIpc) is 3.15. The molecule has 1 heterocycles. The molecule has 0 spiro atoms. The van der Waals surface area contributed by atoms with Crippen LogP contribution in [-0.4, -0.2) is 53.2 Å². The third kappa shape index (κ3) is 4.79. The molecule has 2 aromatic rings. The maximum atomic E-state index is 13.2. The van der Waals surface area contributed by atoms with Gasteiger partial charge < -0.3 is 20.1 Å². The van der Waals surface area contributed by atoms with Crippen LogP contribution < -0.4 is 5.32 Å². The van der Waals surface area contributed by atoms with E-state index in [4.69, 9.17) is 4.74 Å². The molecule has 2 N–H and O–H groups in total.